The van der Waals surface area contributed by atoms with Gasteiger partial charge < -0.3 is 0 Å². The fourth-order valence-corrected chi connectivity index (χ4v) is 2.98. The molecule has 0 aliphatic rings. The predicted molar refractivity (Wildman–Crippen MR) is 155 cm³/mol. The Morgan fingerprint density at radius 2 is 1.54 bits per heavy atom. The number of Topliss-reactive ketones (excluding diaryl/α,β-unsaturated/α-hetero) is 1. The van der Waals surface area contributed by atoms with Gasteiger partial charge in [0.05, 0.1) is 0 Å². The van der Waals surface area contributed by atoms with E-state index in [9.17, 15) is 9.18 Å². The first-order chi connectivity index (χ1) is 16.5. The topological polar surface area (TPSA) is 17.1 Å². The third-order valence-corrected chi connectivity index (χ3v) is 4.65. The van der Waals surface area contributed by atoms with Gasteiger partial charge in [0, 0.05) is 5.56 Å². The molecule has 1 nitrogen and oxygen atoms in total. The van der Waals surface area contributed by atoms with Crippen molar-refractivity contribution >= 4 is 5.78 Å². The van der Waals surface area contributed by atoms with Crippen LogP contribution >= 0.6 is 0 Å². The summed E-state index contributed by atoms with van der Waals surface area (Å²) in [7, 11) is 0. The molecule has 2 heteroatoms. The summed E-state index contributed by atoms with van der Waals surface area (Å²) in [5, 5.41) is 0. The summed E-state index contributed by atoms with van der Waals surface area (Å²) in [6.45, 7) is 25.1. The molecule has 1 atom stereocenters. The van der Waals surface area contributed by atoms with Crippen molar-refractivity contribution in [3.8, 4) is 0 Å². The minimum Gasteiger partial charge on any atom is -0.295 e. The summed E-state index contributed by atoms with van der Waals surface area (Å²) in [4.78, 5) is 11.7. The van der Waals surface area contributed by atoms with Crippen molar-refractivity contribution in [2.45, 2.75) is 75.2 Å². The number of carbonyl (C=O) groups excluding carboxylic acids is 1. The molecule has 2 aromatic rings. The lowest BCUT2D eigenvalue weighted by molar-refractivity contribution is 0.101. The maximum atomic E-state index is 12.5. The van der Waals surface area contributed by atoms with Crippen molar-refractivity contribution in [3.63, 3.8) is 0 Å². The summed E-state index contributed by atoms with van der Waals surface area (Å²) in [5.74, 6) is 0.338. The van der Waals surface area contributed by atoms with E-state index in [0.717, 1.165) is 28.7 Å². The highest BCUT2D eigenvalue weighted by Crippen LogP contribution is 2.21. The summed E-state index contributed by atoms with van der Waals surface area (Å²) in [5.41, 5.74) is 6.22. The average molecular weight is 479 g/mol. The van der Waals surface area contributed by atoms with Crippen molar-refractivity contribution in [1.82, 2.24) is 0 Å². The SMILES string of the molecule is C=C/C(=C\C=C(C)C)C(C)Cc1ccccc1C(C)=O.C=CC.CCC.Cc1ccc(F)c(C)c1. The molecular weight excluding hydrogens is 431 g/mol. The van der Waals surface area contributed by atoms with Gasteiger partial charge in [-0.15, -0.1) is 6.58 Å². The van der Waals surface area contributed by atoms with Gasteiger partial charge in [-0.05, 0) is 76.6 Å². The molecule has 0 aromatic heterocycles. The van der Waals surface area contributed by atoms with E-state index in [4.69, 9.17) is 0 Å². The molecule has 0 saturated carbocycles. The normalized spacial score (nSPS) is 10.6. The van der Waals surface area contributed by atoms with Crippen molar-refractivity contribution in [1.29, 1.82) is 0 Å². The van der Waals surface area contributed by atoms with Gasteiger partial charge in [-0.25, -0.2) is 4.39 Å². The highest BCUT2D eigenvalue weighted by molar-refractivity contribution is 5.95. The van der Waals surface area contributed by atoms with Gasteiger partial charge in [0.2, 0.25) is 0 Å². The largest absolute Gasteiger partial charge is 0.295 e. The monoisotopic (exact) mass is 478 g/mol. The number of benzene rings is 2. The van der Waals surface area contributed by atoms with Crippen LogP contribution in [0.2, 0.25) is 0 Å². The van der Waals surface area contributed by atoms with Crippen LogP contribution in [0.15, 0.2) is 91.1 Å². The number of halogens is 1. The van der Waals surface area contributed by atoms with Crippen LogP contribution in [0.1, 0.15) is 81.9 Å². The van der Waals surface area contributed by atoms with Crippen LogP contribution in [0.25, 0.3) is 0 Å². The van der Waals surface area contributed by atoms with Gasteiger partial charge in [0.15, 0.2) is 5.78 Å². The van der Waals surface area contributed by atoms with Crippen molar-refractivity contribution in [3.05, 3.63) is 119 Å². The molecule has 192 valence electrons. The number of aryl methyl sites for hydroxylation is 2. The van der Waals surface area contributed by atoms with E-state index in [1.165, 1.54) is 23.6 Å². The molecule has 0 N–H and O–H groups in total. The second kappa shape index (κ2) is 20.4. The molecular formula is C33H47FO. The van der Waals surface area contributed by atoms with Crippen LogP contribution in [0.3, 0.4) is 0 Å². The molecule has 0 aliphatic carbocycles. The Hall–Kier alpha value is -3.00. The van der Waals surface area contributed by atoms with Crippen molar-refractivity contribution < 1.29 is 9.18 Å². The predicted octanol–water partition coefficient (Wildman–Crippen LogP) is 10.2. The third-order valence-electron chi connectivity index (χ3n) is 4.65. The third kappa shape index (κ3) is 16.3. The lowest BCUT2D eigenvalue weighted by Gasteiger charge is -2.15. The zero-order chi connectivity index (χ0) is 27.4. The molecule has 35 heavy (non-hydrogen) atoms. The van der Waals surface area contributed by atoms with Crippen molar-refractivity contribution in [2.24, 2.45) is 5.92 Å². The zero-order valence-corrected chi connectivity index (χ0v) is 23.5. The Balaban J connectivity index is 0. The van der Waals surface area contributed by atoms with Crippen LogP contribution in [0, 0.1) is 25.6 Å². The van der Waals surface area contributed by atoms with Crippen LogP contribution < -0.4 is 0 Å². The number of allylic oxidation sites excluding steroid dienone is 6. The summed E-state index contributed by atoms with van der Waals surface area (Å²) in [6, 6.07) is 12.9. The van der Waals surface area contributed by atoms with Crippen LogP contribution in [-0.2, 0) is 6.42 Å². The minimum atomic E-state index is -0.124. The number of ketones is 1. The van der Waals surface area contributed by atoms with Gasteiger partial charge in [-0.3, -0.25) is 4.79 Å². The maximum absolute atomic E-state index is 12.5. The number of hydrogen-bond acceptors (Lipinski definition) is 1. The van der Waals surface area contributed by atoms with Gasteiger partial charge in [-0.2, -0.15) is 0 Å². The van der Waals surface area contributed by atoms with Crippen LogP contribution in [0.5, 0.6) is 0 Å². The van der Waals surface area contributed by atoms with E-state index in [0.29, 0.717) is 5.92 Å². The number of hydrogen-bond donors (Lipinski definition) is 0. The summed E-state index contributed by atoms with van der Waals surface area (Å²) < 4.78 is 12.5. The zero-order valence-electron chi connectivity index (χ0n) is 23.5. The minimum absolute atomic E-state index is 0.124. The number of rotatable bonds is 6. The molecule has 1 unspecified atom stereocenters. The summed E-state index contributed by atoms with van der Waals surface area (Å²) >= 11 is 0. The highest BCUT2D eigenvalue weighted by atomic mass is 19.1. The van der Waals surface area contributed by atoms with Crippen LogP contribution in [-0.4, -0.2) is 5.78 Å². The Morgan fingerprint density at radius 1 is 1.00 bits per heavy atom. The number of carbonyl (C=O) groups is 1. The quantitative estimate of drug-likeness (QED) is 0.229. The first-order valence-electron chi connectivity index (χ1n) is 12.3. The first kappa shape index (κ1) is 34.2. The molecule has 0 radical (unpaired) electrons. The average Bonchev–Trinajstić information content (AvgIpc) is 2.78. The fourth-order valence-electron chi connectivity index (χ4n) is 2.98. The smallest absolute Gasteiger partial charge is 0.160 e. The van der Waals surface area contributed by atoms with E-state index in [1.807, 2.05) is 50.3 Å². The second-order valence-electron chi connectivity index (χ2n) is 8.80. The van der Waals surface area contributed by atoms with Crippen molar-refractivity contribution in [2.75, 3.05) is 0 Å². The molecule has 2 aromatic carbocycles. The van der Waals surface area contributed by atoms with E-state index in [2.05, 4.69) is 59.9 Å². The lowest BCUT2D eigenvalue weighted by Crippen LogP contribution is -2.06. The molecule has 0 fully saturated rings. The summed E-state index contributed by atoms with van der Waals surface area (Å²) in [6.07, 6.45) is 9.97. The Labute approximate surface area is 215 Å². The van der Waals surface area contributed by atoms with Gasteiger partial charge in [-0.1, -0.05) is 106 Å². The molecule has 0 saturated heterocycles. The lowest BCUT2D eigenvalue weighted by atomic mass is 9.90. The van der Waals surface area contributed by atoms with Gasteiger partial charge in [0.25, 0.3) is 0 Å². The Morgan fingerprint density at radius 3 is 1.97 bits per heavy atom. The van der Waals surface area contributed by atoms with Gasteiger partial charge >= 0.3 is 0 Å². The fraction of sp³-hybridized carbons (Fsp3) is 0.364. The molecule has 2 rings (SSSR count). The van der Waals surface area contributed by atoms with E-state index in [-0.39, 0.29) is 11.6 Å². The second-order valence-corrected chi connectivity index (χ2v) is 8.80. The van der Waals surface area contributed by atoms with E-state index >= 15 is 0 Å². The molecule has 0 amide bonds. The standard InChI is InChI=1S/C19H24O.C8H9F.C3H8.C3H6/c1-6-17(12-11-14(2)3)15(4)13-18-9-7-8-10-19(18)16(5)20;1-6-3-4-8(9)7(2)5-6;2*1-3-2/h6-12,15H,1,13H2,2-5H3;3-5H,1-2H3;3H2,1-2H3;3H,1H2,2H3/b17-12+;;;. The molecule has 0 spiro atoms. The van der Waals surface area contributed by atoms with Gasteiger partial charge in [0.1, 0.15) is 5.82 Å². The first-order valence-corrected chi connectivity index (χ1v) is 12.3. The van der Waals surface area contributed by atoms with E-state index < -0.39 is 0 Å². The molecule has 0 heterocycles. The van der Waals surface area contributed by atoms with E-state index in [1.54, 1.807) is 26.0 Å². The molecule has 0 bridgehead atoms. The highest BCUT2D eigenvalue weighted by Gasteiger charge is 2.11. The molecule has 0 aliphatic heterocycles. The maximum Gasteiger partial charge on any atom is 0.160 e. The Kier molecular flexibility index (Phi) is 19.9. The Bertz CT molecular complexity index is 959. The van der Waals surface area contributed by atoms with Crippen LogP contribution in [0.4, 0.5) is 4.39 Å².